The van der Waals surface area contributed by atoms with Crippen LogP contribution in [0, 0.1) is 12.8 Å². The fourth-order valence-electron chi connectivity index (χ4n) is 3.15. The highest BCUT2D eigenvalue weighted by atomic mass is 32.2. The number of nitrogens with zero attached hydrogens (tertiary/aromatic N) is 3. The molecule has 7 nitrogen and oxygen atoms in total. The smallest absolute Gasteiger partial charge is 0.216 e. The van der Waals surface area contributed by atoms with Crippen LogP contribution in [0.5, 0.6) is 0 Å². The zero-order chi connectivity index (χ0) is 18.7. The third-order valence-electron chi connectivity index (χ3n) is 4.62. The lowest BCUT2D eigenvalue weighted by Crippen LogP contribution is -2.35. The minimum Gasteiger partial charge on any atom is -0.315 e. The van der Waals surface area contributed by atoms with Crippen molar-refractivity contribution in [3.05, 3.63) is 47.0 Å². The molecule has 2 N–H and O–H groups in total. The lowest BCUT2D eigenvalue weighted by atomic mass is 10.1. The molecule has 0 spiro atoms. The molecule has 0 fully saturated rings. The molecule has 1 aromatic heterocycles. The molecule has 0 radical (unpaired) electrons. The van der Waals surface area contributed by atoms with Crippen LogP contribution in [0.15, 0.2) is 24.3 Å². The Hall–Kier alpha value is -1.77. The SMILES string of the molecule is Cc1ccc(CS(=O)(=O)N[C@@H](c2nnc3n2CCNCC3)C(C)C)cc1. The Morgan fingerprint density at radius 3 is 2.62 bits per heavy atom. The molecule has 0 aliphatic carbocycles. The molecule has 0 saturated heterocycles. The molecule has 8 heteroatoms. The van der Waals surface area contributed by atoms with Gasteiger partial charge in [-0.2, -0.15) is 0 Å². The fraction of sp³-hybridized carbons (Fsp3) is 0.556. The number of benzene rings is 1. The van der Waals surface area contributed by atoms with Crippen molar-refractivity contribution in [2.45, 2.75) is 45.5 Å². The van der Waals surface area contributed by atoms with Crippen LogP contribution in [0.25, 0.3) is 0 Å². The molecule has 1 atom stereocenters. The van der Waals surface area contributed by atoms with E-state index < -0.39 is 16.1 Å². The van der Waals surface area contributed by atoms with Gasteiger partial charge in [0.2, 0.25) is 10.0 Å². The number of sulfonamides is 1. The zero-order valence-corrected chi connectivity index (χ0v) is 16.4. The van der Waals surface area contributed by atoms with E-state index in [-0.39, 0.29) is 11.7 Å². The summed E-state index contributed by atoms with van der Waals surface area (Å²) in [4.78, 5) is 0. The van der Waals surface area contributed by atoms with Gasteiger partial charge in [0, 0.05) is 26.1 Å². The first-order valence-electron chi connectivity index (χ1n) is 9.04. The second kappa shape index (κ2) is 7.85. The van der Waals surface area contributed by atoms with Crippen molar-refractivity contribution in [2.24, 2.45) is 5.92 Å². The van der Waals surface area contributed by atoms with Crippen LogP contribution in [-0.4, -0.2) is 36.3 Å². The van der Waals surface area contributed by atoms with Gasteiger partial charge in [-0.3, -0.25) is 0 Å². The van der Waals surface area contributed by atoms with Gasteiger partial charge in [-0.1, -0.05) is 43.7 Å². The van der Waals surface area contributed by atoms with Crippen LogP contribution >= 0.6 is 0 Å². The van der Waals surface area contributed by atoms with E-state index in [4.69, 9.17) is 0 Å². The van der Waals surface area contributed by atoms with Gasteiger partial charge >= 0.3 is 0 Å². The van der Waals surface area contributed by atoms with Gasteiger partial charge in [0.15, 0.2) is 5.82 Å². The molecule has 1 aromatic carbocycles. The van der Waals surface area contributed by atoms with Gasteiger partial charge in [0.1, 0.15) is 5.82 Å². The van der Waals surface area contributed by atoms with E-state index >= 15 is 0 Å². The van der Waals surface area contributed by atoms with E-state index in [1.807, 2.05) is 45.0 Å². The molecule has 26 heavy (non-hydrogen) atoms. The van der Waals surface area contributed by atoms with Crippen LogP contribution in [0.3, 0.4) is 0 Å². The van der Waals surface area contributed by atoms with E-state index in [9.17, 15) is 8.42 Å². The Labute approximate surface area is 155 Å². The van der Waals surface area contributed by atoms with Crippen LogP contribution in [0.2, 0.25) is 0 Å². The maximum Gasteiger partial charge on any atom is 0.216 e. The number of aromatic nitrogens is 3. The van der Waals surface area contributed by atoms with Gasteiger partial charge < -0.3 is 9.88 Å². The second-order valence-electron chi connectivity index (χ2n) is 7.21. The Bertz CT molecular complexity index is 843. The van der Waals surface area contributed by atoms with Crippen molar-refractivity contribution in [1.29, 1.82) is 0 Å². The van der Waals surface area contributed by atoms with Crippen LogP contribution in [-0.2, 0) is 28.7 Å². The molecule has 0 bridgehead atoms. The van der Waals surface area contributed by atoms with Crippen molar-refractivity contribution in [3.63, 3.8) is 0 Å². The minimum atomic E-state index is -3.50. The largest absolute Gasteiger partial charge is 0.315 e. The highest BCUT2D eigenvalue weighted by molar-refractivity contribution is 7.88. The molecular formula is C18H27N5O2S. The summed E-state index contributed by atoms with van der Waals surface area (Å²) in [6.45, 7) is 8.42. The zero-order valence-electron chi connectivity index (χ0n) is 15.6. The van der Waals surface area contributed by atoms with Gasteiger partial charge in [-0.15, -0.1) is 10.2 Å². The summed E-state index contributed by atoms with van der Waals surface area (Å²) in [6.07, 6.45) is 0.800. The average Bonchev–Trinajstić information content (AvgIpc) is 2.82. The summed E-state index contributed by atoms with van der Waals surface area (Å²) >= 11 is 0. The van der Waals surface area contributed by atoms with E-state index in [2.05, 4.69) is 24.8 Å². The summed E-state index contributed by atoms with van der Waals surface area (Å²) in [5.41, 5.74) is 1.88. The number of nitrogens with one attached hydrogen (secondary N) is 2. The molecule has 0 unspecified atom stereocenters. The van der Waals surface area contributed by atoms with Gasteiger partial charge in [0.05, 0.1) is 11.8 Å². The quantitative estimate of drug-likeness (QED) is 0.797. The summed E-state index contributed by atoms with van der Waals surface area (Å²) in [6, 6.07) is 7.16. The van der Waals surface area contributed by atoms with Crippen molar-refractivity contribution in [3.8, 4) is 0 Å². The molecule has 3 rings (SSSR count). The normalized spacial score (nSPS) is 16.3. The summed E-state index contributed by atoms with van der Waals surface area (Å²) in [5.74, 6) is 1.63. The molecule has 1 aliphatic heterocycles. The minimum absolute atomic E-state index is 0.0426. The Morgan fingerprint density at radius 2 is 1.92 bits per heavy atom. The summed E-state index contributed by atoms with van der Waals surface area (Å²) in [7, 11) is -3.50. The number of aryl methyl sites for hydroxylation is 1. The number of hydrogen-bond donors (Lipinski definition) is 2. The average molecular weight is 378 g/mol. The van der Waals surface area contributed by atoms with Gasteiger partial charge in [-0.05, 0) is 18.4 Å². The van der Waals surface area contributed by atoms with Crippen LogP contribution < -0.4 is 10.0 Å². The first kappa shape index (κ1) is 19.0. The van der Waals surface area contributed by atoms with Crippen molar-refractivity contribution in [2.75, 3.05) is 13.1 Å². The van der Waals surface area contributed by atoms with Crippen molar-refractivity contribution in [1.82, 2.24) is 24.8 Å². The number of hydrogen-bond acceptors (Lipinski definition) is 5. The van der Waals surface area contributed by atoms with Gasteiger partial charge in [-0.25, -0.2) is 13.1 Å². The maximum atomic E-state index is 12.8. The molecular weight excluding hydrogens is 350 g/mol. The predicted octanol–water partition coefficient (Wildman–Crippen LogP) is 1.55. The van der Waals surface area contributed by atoms with E-state index in [1.54, 1.807) is 0 Å². The maximum absolute atomic E-state index is 12.8. The molecule has 0 saturated carbocycles. The predicted molar refractivity (Wildman–Crippen MR) is 101 cm³/mol. The fourth-order valence-corrected chi connectivity index (χ4v) is 4.63. The highest BCUT2D eigenvalue weighted by Gasteiger charge is 2.28. The third kappa shape index (κ3) is 4.49. The number of fused-ring (bicyclic) bond motifs is 1. The molecule has 2 aromatic rings. The Kier molecular flexibility index (Phi) is 5.74. The van der Waals surface area contributed by atoms with Crippen molar-refractivity contribution < 1.29 is 8.42 Å². The second-order valence-corrected chi connectivity index (χ2v) is 8.96. The highest BCUT2D eigenvalue weighted by Crippen LogP contribution is 2.23. The van der Waals surface area contributed by atoms with E-state index in [0.29, 0.717) is 5.82 Å². The van der Waals surface area contributed by atoms with Crippen molar-refractivity contribution >= 4 is 10.0 Å². The molecule has 0 amide bonds. The molecule has 1 aliphatic rings. The number of rotatable bonds is 6. The molecule has 142 valence electrons. The van der Waals surface area contributed by atoms with Crippen LogP contribution in [0.4, 0.5) is 0 Å². The van der Waals surface area contributed by atoms with Gasteiger partial charge in [0.25, 0.3) is 0 Å². The van der Waals surface area contributed by atoms with E-state index in [0.717, 1.165) is 43.0 Å². The monoisotopic (exact) mass is 377 g/mol. The molecule has 2 heterocycles. The lowest BCUT2D eigenvalue weighted by Gasteiger charge is -2.22. The first-order valence-corrected chi connectivity index (χ1v) is 10.7. The lowest BCUT2D eigenvalue weighted by molar-refractivity contribution is 0.424. The standard InChI is InChI=1S/C18H27N5O2S/c1-13(2)17(18-21-20-16-8-9-19-10-11-23(16)18)22-26(24,25)12-15-6-4-14(3)5-7-15/h4-7,13,17,19,22H,8-12H2,1-3H3/t17-/m1/s1. The van der Waals surface area contributed by atoms with Crippen LogP contribution in [0.1, 0.15) is 42.7 Å². The van der Waals surface area contributed by atoms with E-state index in [1.165, 1.54) is 0 Å². The summed E-state index contributed by atoms with van der Waals surface area (Å²) < 4.78 is 30.4. The topological polar surface area (TPSA) is 88.9 Å². The summed E-state index contributed by atoms with van der Waals surface area (Å²) in [5, 5.41) is 11.9. The Morgan fingerprint density at radius 1 is 1.19 bits per heavy atom. The first-order chi connectivity index (χ1) is 12.4. The third-order valence-corrected chi connectivity index (χ3v) is 5.95. The Balaban J connectivity index is 1.82.